The monoisotopic (exact) mass is 344 g/mol. The molecule has 0 aliphatic carbocycles. The van der Waals surface area contributed by atoms with Crippen LogP contribution in [-0.4, -0.2) is 25.5 Å². The molecule has 1 aliphatic rings. The second-order valence-electron chi connectivity index (χ2n) is 6.26. The summed E-state index contributed by atoms with van der Waals surface area (Å²) in [6.45, 7) is 2.91. The topological polar surface area (TPSA) is 41.1 Å². The predicted octanol–water partition coefficient (Wildman–Crippen LogP) is 3.43. The number of hydrogen-bond acceptors (Lipinski definition) is 2. The second-order valence-corrected chi connectivity index (χ2v) is 6.26. The second kappa shape index (κ2) is 9.45. The fourth-order valence-corrected chi connectivity index (χ4v) is 3.05. The summed E-state index contributed by atoms with van der Waals surface area (Å²) < 4.78 is 0. The maximum atomic E-state index is 12.1. The first-order valence-electron chi connectivity index (χ1n) is 8.43. The number of carbonyl (C=O) groups excluding carboxylic acids is 1. The average Bonchev–Trinajstić information content (AvgIpc) is 2.62. The largest absolute Gasteiger partial charge is 0.355 e. The van der Waals surface area contributed by atoms with Gasteiger partial charge in [0.2, 0.25) is 5.91 Å². The van der Waals surface area contributed by atoms with Gasteiger partial charge < -0.3 is 10.6 Å². The van der Waals surface area contributed by atoms with E-state index >= 15 is 0 Å². The first-order chi connectivity index (χ1) is 11.3. The van der Waals surface area contributed by atoms with Crippen molar-refractivity contribution >= 4 is 18.3 Å². The maximum Gasteiger partial charge on any atom is 0.224 e. The molecular weight excluding hydrogens is 320 g/mol. The summed E-state index contributed by atoms with van der Waals surface area (Å²) in [5.41, 5.74) is 3.44. The first kappa shape index (κ1) is 18.5. The molecule has 24 heavy (non-hydrogen) atoms. The quantitative estimate of drug-likeness (QED) is 0.872. The van der Waals surface area contributed by atoms with Gasteiger partial charge in [-0.15, -0.1) is 12.4 Å². The lowest BCUT2D eigenvalue weighted by Crippen LogP contribution is -2.38. The molecule has 2 aromatic rings. The van der Waals surface area contributed by atoms with Crippen molar-refractivity contribution in [3.8, 4) is 11.1 Å². The highest BCUT2D eigenvalue weighted by Crippen LogP contribution is 2.19. The van der Waals surface area contributed by atoms with Gasteiger partial charge >= 0.3 is 0 Å². The van der Waals surface area contributed by atoms with Crippen molar-refractivity contribution in [2.75, 3.05) is 19.6 Å². The third-order valence-electron chi connectivity index (χ3n) is 4.41. The van der Waals surface area contributed by atoms with E-state index in [0.29, 0.717) is 12.3 Å². The highest BCUT2D eigenvalue weighted by Gasteiger charge is 2.13. The third kappa shape index (κ3) is 5.36. The molecule has 1 amide bonds. The number of amides is 1. The van der Waals surface area contributed by atoms with Gasteiger partial charge in [0.05, 0.1) is 6.42 Å². The summed E-state index contributed by atoms with van der Waals surface area (Å²) >= 11 is 0. The van der Waals surface area contributed by atoms with Gasteiger partial charge in [0.15, 0.2) is 0 Å². The molecule has 1 aliphatic heterocycles. The van der Waals surface area contributed by atoms with Gasteiger partial charge in [-0.1, -0.05) is 54.6 Å². The Kier molecular flexibility index (Phi) is 7.29. The van der Waals surface area contributed by atoms with Crippen LogP contribution in [-0.2, 0) is 11.2 Å². The zero-order valence-electron chi connectivity index (χ0n) is 13.8. The van der Waals surface area contributed by atoms with Gasteiger partial charge in [0.25, 0.3) is 0 Å². The fraction of sp³-hybridized carbons (Fsp3) is 0.350. The van der Waals surface area contributed by atoms with Crippen LogP contribution in [0.2, 0.25) is 0 Å². The number of piperidine rings is 1. The van der Waals surface area contributed by atoms with Crippen molar-refractivity contribution in [3.63, 3.8) is 0 Å². The van der Waals surface area contributed by atoms with Gasteiger partial charge in [-0.25, -0.2) is 0 Å². The summed E-state index contributed by atoms with van der Waals surface area (Å²) in [4.78, 5) is 12.1. The Morgan fingerprint density at radius 2 is 1.75 bits per heavy atom. The molecule has 128 valence electrons. The molecule has 2 aromatic carbocycles. The minimum absolute atomic E-state index is 0. The molecule has 0 aromatic heterocycles. The predicted molar refractivity (Wildman–Crippen MR) is 101 cm³/mol. The average molecular weight is 345 g/mol. The Balaban J connectivity index is 0.00000208. The number of nitrogens with one attached hydrogen (secondary N) is 2. The lowest BCUT2D eigenvalue weighted by Gasteiger charge is -2.22. The summed E-state index contributed by atoms with van der Waals surface area (Å²) in [6.07, 6.45) is 2.87. The van der Waals surface area contributed by atoms with E-state index in [1.807, 2.05) is 30.3 Å². The minimum atomic E-state index is 0. The van der Waals surface area contributed by atoms with Crippen LogP contribution >= 0.6 is 12.4 Å². The summed E-state index contributed by atoms with van der Waals surface area (Å²) in [5.74, 6) is 0.691. The van der Waals surface area contributed by atoms with E-state index < -0.39 is 0 Å². The molecule has 1 unspecified atom stereocenters. The van der Waals surface area contributed by atoms with E-state index in [0.717, 1.165) is 25.2 Å². The number of halogens is 1. The van der Waals surface area contributed by atoms with Crippen molar-refractivity contribution in [2.45, 2.75) is 19.3 Å². The smallest absolute Gasteiger partial charge is 0.224 e. The Morgan fingerprint density at radius 1 is 1.04 bits per heavy atom. The summed E-state index contributed by atoms with van der Waals surface area (Å²) in [5, 5.41) is 6.45. The lowest BCUT2D eigenvalue weighted by molar-refractivity contribution is -0.120. The van der Waals surface area contributed by atoms with Gasteiger partial charge in [0.1, 0.15) is 0 Å². The van der Waals surface area contributed by atoms with Crippen LogP contribution in [0.5, 0.6) is 0 Å². The van der Waals surface area contributed by atoms with Gasteiger partial charge in [-0.3, -0.25) is 4.79 Å². The molecule has 1 saturated heterocycles. The Labute approximate surface area is 150 Å². The molecule has 0 saturated carbocycles. The fourth-order valence-electron chi connectivity index (χ4n) is 3.05. The molecule has 3 rings (SSSR count). The maximum absolute atomic E-state index is 12.1. The van der Waals surface area contributed by atoms with E-state index in [2.05, 4.69) is 34.9 Å². The molecule has 1 heterocycles. The van der Waals surface area contributed by atoms with Crippen molar-refractivity contribution in [1.82, 2.24) is 10.6 Å². The molecule has 2 N–H and O–H groups in total. The number of benzene rings is 2. The zero-order valence-corrected chi connectivity index (χ0v) is 14.6. The minimum Gasteiger partial charge on any atom is -0.355 e. The first-order valence-corrected chi connectivity index (χ1v) is 8.43. The van der Waals surface area contributed by atoms with Crippen LogP contribution in [0.3, 0.4) is 0 Å². The third-order valence-corrected chi connectivity index (χ3v) is 4.41. The van der Waals surface area contributed by atoms with Crippen LogP contribution in [0, 0.1) is 5.92 Å². The molecule has 3 nitrogen and oxygen atoms in total. The number of rotatable bonds is 5. The lowest BCUT2D eigenvalue weighted by atomic mass is 9.99. The molecular formula is C20H25ClN2O. The van der Waals surface area contributed by atoms with Gasteiger partial charge in [-0.2, -0.15) is 0 Å². The molecule has 4 heteroatoms. The van der Waals surface area contributed by atoms with E-state index in [1.165, 1.54) is 24.0 Å². The number of hydrogen-bond donors (Lipinski definition) is 2. The van der Waals surface area contributed by atoms with E-state index in [-0.39, 0.29) is 18.3 Å². The molecule has 0 bridgehead atoms. The Bertz CT molecular complexity index is 622. The Morgan fingerprint density at radius 3 is 2.42 bits per heavy atom. The SMILES string of the molecule is Cl.O=C(Cc1ccc(-c2ccccc2)cc1)NCC1CCCNC1. The zero-order chi connectivity index (χ0) is 15.9. The van der Waals surface area contributed by atoms with Crippen LogP contribution in [0.15, 0.2) is 54.6 Å². The van der Waals surface area contributed by atoms with Crippen molar-refractivity contribution < 1.29 is 4.79 Å². The van der Waals surface area contributed by atoms with Crippen LogP contribution in [0.4, 0.5) is 0 Å². The molecule has 0 spiro atoms. The van der Waals surface area contributed by atoms with Crippen molar-refractivity contribution in [1.29, 1.82) is 0 Å². The van der Waals surface area contributed by atoms with Crippen LogP contribution < -0.4 is 10.6 Å². The van der Waals surface area contributed by atoms with Crippen LogP contribution in [0.25, 0.3) is 11.1 Å². The Hall–Kier alpha value is -1.84. The molecule has 0 radical (unpaired) electrons. The van der Waals surface area contributed by atoms with E-state index in [9.17, 15) is 4.79 Å². The van der Waals surface area contributed by atoms with E-state index in [4.69, 9.17) is 0 Å². The van der Waals surface area contributed by atoms with Crippen molar-refractivity contribution in [3.05, 3.63) is 60.2 Å². The molecule has 1 atom stereocenters. The highest BCUT2D eigenvalue weighted by molar-refractivity contribution is 5.85. The van der Waals surface area contributed by atoms with Crippen LogP contribution in [0.1, 0.15) is 18.4 Å². The summed E-state index contributed by atoms with van der Waals surface area (Å²) in [7, 11) is 0. The van der Waals surface area contributed by atoms with Crippen molar-refractivity contribution in [2.24, 2.45) is 5.92 Å². The molecule has 1 fully saturated rings. The van der Waals surface area contributed by atoms with Gasteiger partial charge in [0, 0.05) is 6.54 Å². The highest BCUT2D eigenvalue weighted by atomic mass is 35.5. The standard InChI is InChI=1S/C20H24N2O.ClH/c23-20(22-15-17-5-4-12-21-14-17)13-16-8-10-19(11-9-16)18-6-2-1-3-7-18;/h1-3,6-11,17,21H,4-5,12-15H2,(H,22,23);1H. The van der Waals surface area contributed by atoms with E-state index in [1.54, 1.807) is 0 Å². The number of carbonyl (C=O) groups is 1. The normalized spacial score (nSPS) is 16.9. The van der Waals surface area contributed by atoms with Gasteiger partial charge in [-0.05, 0) is 48.5 Å². The summed E-state index contributed by atoms with van der Waals surface area (Å²) in [6, 6.07) is 18.6.